The summed E-state index contributed by atoms with van der Waals surface area (Å²) in [5.41, 5.74) is 12.9. The van der Waals surface area contributed by atoms with Gasteiger partial charge in [0, 0.05) is 11.4 Å². The first-order chi connectivity index (χ1) is 10.3. The van der Waals surface area contributed by atoms with Crippen molar-refractivity contribution in [2.45, 2.75) is 13.3 Å². The molecule has 6 heteroatoms. The van der Waals surface area contributed by atoms with Crippen LogP contribution >= 0.6 is 0 Å². The van der Waals surface area contributed by atoms with Crippen LogP contribution in [-0.4, -0.2) is 22.2 Å². The molecule has 0 aromatic heterocycles. The van der Waals surface area contributed by atoms with E-state index < -0.39 is 11.9 Å². The van der Waals surface area contributed by atoms with Gasteiger partial charge in [-0.05, 0) is 42.3 Å². The topological polar surface area (TPSA) is 127 Å². The number of nitrogens with two attached hydrogens (primary N) is 2. The largest absolute Gasteiger partial charge is 0.478 e. The lowest BCUT2D eigenvalue weighted by Gasteiger charge is -1.99. The van der Waals surface area contributed by atoms with Crippen LogP contribution in [0, 0.1) is 0 Å². The van der Waals surface area contributed by atoms with E-state index in [9.17, 15) is 9.59 Å². The minimum Gasteiger partial charge on any atom is -0.478 e. The fraction of sp³-hybridized carbons (Fsp3) is 0.125. The minimum absolute atomic E-state index is 0.123. The zero-order valence-electron chi connectivity index (χ0n) is 12.1. The predicted octanol–water partition coefficient (Wildman–Crippen LogP) is 2.50. The average molecular weight is 302 g/mol. The average Bonchev–Trinajstić information content (AvgIpc) is 2.47. The van der Waals surface area contributed by atoms with Crippen molar-refractivity contribution in [3.05, 3.63) is 59.2 Å². The number of rotatable bonds is 3. The van der Waals surface area contributed by atoms with E-state index in [4.69, 9.17) is 21.7 Å². The van der Waals surface area contributed by atoms with Crippen molar-refractivity contribution in [2.24, 2.45) is 0 Å². The molecule has 0 spiro atoms. The highest BCUT2D eigenvalue weighted by atomic mass is 16.4. The molecule has 6 nitrogen and oxygen atoms in total. The van der Waals surface area contributed by atoms with Crippen molar-refractivity contribution in [3.63, 3.8) is 0 Å². The monoisotopic (exact) mass is 302 g/mol. The van der Waals surface area contributed by atoms with E-state index in [2.05, 4.69) is 13.0 Å². The molecule has 6 N–H and O–H groups in total. The third-order valence-electron chi connectivity index (χ3n) is 2.81. The third kappa shape index (κ3) is 5.16. The van der Waals surface area contributed by atoms with E-state index in [0.29, 0.717) is 0 Å². The molecule has 0 aliphatic carbocycles. The summed E-state index contributed by atoms with van der Waals surface area (Å²) in [6, 6.07) is 11.4. The van der Waals surface area contributed by atoms with Gasteiger partial charge in [-0.1, -0.05) is 19.1 Å². The van der Waals surface area contributed by atoms with Crippen LogP contribution in [0.5, 0.6) is 0 Å². The van der Waals surface area contributed by atoms with Crippen molar-refractivity contribution in [2.75, 3.05) is 11.5 Å². The number of hydrogen-bond acceptors (Lipinski definition) is 4. The Morgan fingerprint density at radius 1 is 0.909 bits per heavy atom. The summed E-state index contributed by atoms with van der Waals surface area (Å²) in [5, 5.41) is 17.1. The molecule has 0 saturated heterocycles. The molecule has 0 unspecified atom stereocenters. The van der Waals surface area contributed by atoms with Crippen LogP contribution in [0.2, 0.25) is 0 Å². The fourth-order valence-corrected chi connectivity index (χ4v) is 1.71. The number of aryl methyl sites for hydroxylation is 1. The Balaban J connectivity index is 0.000000235. The Morgan fingerprint density at radius 2 is 1.45 bits per heavy atom. The molecule has 2 aromatic carbocycles. The molecule has 22 heavy (non-hydrogen) atoms. The lowest BCUT2D eigenvalue weighted by molar-refractivity contribution is 0.0696. The number of anilines is 2. The molecule has 0 amide bonds. The van der Waals surface area contributed by atoms with Gasteiger partial charge in [0.15, 0.2) is 0 Å². The molecule has 0 radical (unpaired) electrons. The molecule has 2 aromatic rings. The Labute approximate surface area is 128 Å². The van der Waals surface area contributed by atoms with Crippen LogP contribution in [0.25, 0.3) is 0 Å². The lowest BCUT2D eigenvalue weighted by Crippen LogP contribution is -2.03. The van der Waals surface area contributed by atoms with E-state index in [1.165, 1.54) is 17.7 Å². The van der Waals surface area contributed by atoms with E-state index in [0.717, 1.165) is 18.2 Å². The van der Waals surface area contributed by atoms with Gasteiger partial charge in [0.1, 0.15) is 0 Å². The second-order valence-corrected chi connectivity index (χ2v) is 4.55. The molecule has 0 aliphatic heterocycles. The van der Waals surface area contributed by atoms with E-state index in [-0.39, 0.29) is 16.8 Å². The number of hydrogen-bond donors (Lipinski definition) is 4. The Bertz CT molecular complexity index is 651. The van der Waals surface area contributed by atoms with Gasteiger partial charge in [0.2, 0.25) is 0 Å². The van der Waals surface area contributed by atoms with E-state index >= 15 is 0 Å². The molecule has 0 saturated carbocycles. The highest BCUT2D eigenvalue weighted by Crippen LogP contribution is 2.12. The van der Waals surface area contributed by atoms with Crippen molar-refractivity contribution < 1.29 is 19.8 Å². The standard InChI is InChI=1S/C8H7NO4.C8H11N/c9-6-2-4(7(10)11)1-5(3-6)8(12)13;1-2-7-4-3-5-8(9)6-7/h1-3H,9H2,(H,10,11)(H,12,13);3-6H,2,9H2,1H3. The van der Waals surface area contributed by atoms with Gasteiger partial charge in [-0.25, -0.2) is 9.59 Å². The summed E-state index contributed by atoms with van der Waals surface area (Å²) in [6.45, 7) is 2.12. The van der Waals surface area contributed by atoms with Gasteiger partial charge in [0.05, 0.1) is 11.1 Å². The van der Waals surface area contributed by atoms with Crippen LogP contribution in [0.3, 0.4) is 0 Å². The van der Waals surface area contributed by atoms with Gasteiger partial charge in [-0.15, -0.1) is 0 Å². The number of carbonyl (C=O) groups is 2. The van der Waals surface area contributed by atoms with Crippen LogP contribution in [0.4, 0.5) is 11.4 Å². The Morgan fingerprint density at radius 3 is 1.82 bits per heavy atom. The number of benzene rings is 2. The van der Waals surface area contributed by atoms with E-state index in [1.54, 1.807) is 0 Å². The number of nitrogen functional groups attached to an aromatic ring is 2. The quantitative estimate of drug-likeness (QED) is 0.645. The maximum Gasteiger partial charge on any atom is 0.335 e. The van der Waals surface area contributed by atoms with Crippen LogP contribution in [-0.2, 0) is 6.42 Å². The highest BCUT2D eigenvalue weighted by molar-refractivity contribution is 5.95. The maximum absolute atomic E-state index is 10.5. The first-order valence-electron chi connectivity index (χ1n) is 6.55. The molecular weight excluding hydrogens is 284 g/mol. The van der Waals surface area contributed by atoms with Crippen LogP contribution in [0.1, 0.15) is 33.2 Å². The lowest BCUT2D eigenvalue weighted by atomic mass is 10.1. The highest BCUT2D eigenvalue weighted by Gasteiger charge is 2.09. The van der Waals surface area contributed by atoms with Crippen molar-refractivity contribution in [3.8, 4) is 0 Å². The summed E-state index contributed by atoms with van der Waals surface area (Å²) in [4.78, 5) is 21.0. The second-order valence-electron chi connectivity index (χ2n) is 4.55. The van der Waals surface area contributed by atoms with Crippen LogP contribution in [0.15, 0.2) is 42.5 Å². The molecular formula is C16H18N2O4. The van der Waals surface area contributed by atoms with Gasteiger partial charge >= 0.3 is 11.9 Å². The van der Waals surface area contributed by atoms with Gasteiger partial charge in [-0.2, -0.15) is 0 Å². The number of aromatic carboxylic acids is 2. The van der Waals surface area contributed by atoms with Crippen LogP contribution < -0.4 is 11.5 Å². The maximum atomic E-state index is 10.5. The summed E-state index contributed by atoms with van der Waals surface area (Å²) >= 11 is 0. The first-order valence-corrected chi connectivity index (χ1v) is 6.55. The zero-order chi connectivity index (χ0) is 16.7. The van der Waals surface area contributed by atoms with Crippen molar-refractivity contribution >= 4 is 23.3 Å². The molecule has 2 rings (SSSR count). The second kappa shape index (κ2) is 7.68. The molecule has 0 bridgehead atoms. The zero-order valence-corrected chi connectivity index (χ0v) is 12.1. The Hall–Kier alpha value is -3.02. The number of carboxylic acid groups (broad SMARTS) is 2. The molecule has 0 aliphatic rings. The van der Waals surface area contributed by atoms with E-state index in [1.807, 2.05) is 18.2 Å². The molecule has 116 valence electrons. The minimum atomic E-state index is -1.20. The van der Waals surface area contributed by atoms with Gasteiger partial charge in [0.25, 0.3) is 0 Å². The first kappa shape index (κ1) is 17.0. The SMILES string of the molecule is CCc1cccc(N)c1.Nc1cc(C(=O)O)cc(C(=O)O)c1. The normalized spacial score (nSPS) is 9.50. The van der Waals surface area contributed by atoms with Crippen molar-refractivity contribution in [1.29, 1.82) is 0 Å². The predicted molar refractivity (Wildman–Crippen MR) is 85.0 cm³/mol. The van der Waals surface area contributed by atoms with Gasteiger partial charge in [-0.3, -0.25) is 0 Å². The molecule has 0 heterocycles. The third-order valence-corrected chi connectivity index (χ3v) is 2.81. The summed E-state index contributed by atoms with van der Waals surface area (Å²) < 4.78 is 0. The summed E-state index contributed by atoms with van der Waals surface area (Å²) in [5.74, 6) is -2.40. The smallest absolute Gasteiger partial charge is 0.335 e. The van der Waals surface area contributed by atoms with Crippen molar-refractivity contribution in [1.82, 2.24) is 0 Å². The summed E-state index contributed by atoms with van der Waals surface area (Å²) in [6.07, 6.45) is 1.06. The fourth-order valence-electron chi connectivity index (χ4n) is 1.71. The van der Waals surface area contributed by atoms with Gasteiger partial charge < -0.3 is 21.7 Å². The Kier molecular flexibility index (Phi) is 5.95. The number of carboxylic acids is 2. The molecule has 0 atom stereocenters. The molecule has 0 fully saturated rings. The summed E-state index contributed by atoms with van der Waals surface area (Å²) in [7, 11) is 0.